The minimum Gasteiger partial charge on any atom is -0.481 e. The minimum absolute atomic E-state index is 0.0172. The van der Waals surface area contributed by atoms with E-state index >= 15 is 0 Å². The predicted molar refractivity (Wildman–Crippen MR) is 72.2 cm³/mol. The first-order chi connectivity index (χ1) is 9.41. The Balaban J connectivity index is 2.67. The van der Waals surface area contributed by atoms with Gasteiger partial charge >= 0.3 is 11.7 Å². The molecule has 0 aliphatic rings. The smallest absolute Gasteiger partial charge is 0.347 e. The Bertz CT molecular complexity index is 524. The molecule has 110 valence electrons. The summed E-state index contributed by atoms with van der Waals surface area (Å²) in [6.45, 7) is 3.98. The van der Waals surface area contributed by atoms with E-state index in [1.807, 2.05) is 13.8 Å². The van der Waals surface area contributed by atoms with Crippen LogP contribution in [-0.4, -0.2) is 44.0 Å². The van der Waals surface area contributed by atoms with Crippen LogP contribution >= 0.6 is 0 Å². The summed E-state index contributed by atoms with van der Waals surface area (Å²) in [6.07, 6.45) is 3.28. The number of carboxylic acid groups (broad SMARTS) is 1. The molecule has 1 aromatic heterocycles. The van der Waals surface area contributed by atoms with E-state index in [4.69, 9.17) is 5.11 Å². The van der Waals surface area contributed by atoms with Crippen LogP contribution in [0.4, 0.5) is 0 Å². The molecule has 7 nitrogen and oxygen atoms in total. The van der Waals surface area contributed by atoms with Crippen molar-refractivity contribution in [3.05, 3.63) is 28.9 Å². The van der Waals surface area contributed by atoms with Gasteiger partial charge in [-0.2, -0.15) is 0 Å². The van der Waals surface area contributed by atoms with Crippen LogP contribution in [0.5, 0.6) is 0 Å². The van der Waals surface area contributed by atoms with Crippen molar-refractivity contribution < 1.29 is 14.7 Å². The van der Waals surface area contributed by atoms with Crippen LogP contribution in [0.1, 0.15) is 26.7 Å². The van der Waals surface area contributed by atoms with Gasteiger partial charge in [0, 0.05) is 31.4 Å². The van der Waals surface area contributed by atoms with E-state index in [-0.39, 0.29) is 24.9 Å². The van der Waals surface area contributed by atoms with Crippen LogP contribution in [0.2, 0.25) is 0 Å². The number of nitrogens with zero attached hydrogens (tertiary/aromatic N) is 3. The number of carbonyl (C=O) groups excluding carboxylic acids is 1. The van der Waals surface area contributed by atoms with Crippen molar-refractivity contribution in [3.63, 3.8) is 0 Å². The largest absolute Gasteiger partial charge is 0.481 e. The number of hydrogen-bond acceptors (Lipinski definition) is 4. The molecular formula is C13H19N3O4. The summed E-state index contributed by atoms with van der Waals surface area (Å²) >= 11 is 0. The summed E-state index contributed by atoms with van der Waals surface area (Å²) in [6, 6.07) is 1.53. The molecule has 0 radical (unpaired) electrons. The Morgan fingerprint density at radius 2 is 2.15 bits per heavy atom. The van der Waals surface area contributed by atoms with Crippen LogP contribution in [0.15, 0.2) is 23.3 Å². The number of aliphatic carboxylic acids is 1. The van der Waals surface area contributed by atoms with Gasteiger partial charge in [-0.15, -0.1) is 0 Å². The number of carbonyl (C=O) groups is 2. The van der Waals surface area contributed by atoms with E-state index < -0.39 is 11.7 Å². The molecule has 1 N–H and O–H groups in total. The Morgan fingerprint density at radius 1 is 1.45 bits per heavy atom. The van der Waals surface area contributed by atoms with Crippen molar-refractivity contribution in [2.75, 3.05) is 6.54 Å². The van der Waals surface area contributed by atoms with Crippen LogP contribution in [0, 0.1) is 0 Å². The normalized spacial score (nSPS) is 10.6. The molecule has 0 aromatic carbocycles. The highest BCUT2D eigenvalue weighted by Gasteiger charge is 2.17. The summed E-state index contributed by atoms with van der Waals surface area (Å²) < 4.78 is 1.23. The second-order valence-corrected chi connectivity index (χ2v) is 4.71. The molecule has 0 unspecified atom stereocenters. The molecule has 0 aliphatic carbocycles. The van der Waals surface area contributed by atoms with Crippen molar-refractivity contribution in [3.8, 4) is 0 Å². The van der Waals surface area contributed by atoms with E-state index in [2.05, 4.69) is 4.98 Å². The monoisotopic (exact) mass is 281 g/mol. The van der Waals surface area contributed by atoms with Crippen molar-refractivity contribution in [2.24, 2.45) is 0 Å². The van der Waals surface area contributed by atoms with Crippen molar-refractivity contribution in [1.29, 1.82) is 0 Å². The lowest BCUT2D eigenvalue weighted by Gasteiger charge is -2.26. The maximum atomic E-state index is 12.2. The van der Waals surface area contributed by atoms with Gasteiger partial charge in [0.2, 0.25) is 5.91 Å². The third-order valence-corrected chi connectivity index (χ3v) is 2.82. The zero-order valence-electron chi connectivity index (χ0n) is 11.7. The highest BCUT2D eigenvalue weighted by molar-refractivity contribution is 5.76. The Kier molecular flexibility index (Phi) is 5.89. The van der Waals surface area contributed by atoms with Crippen molar-refractivity contribution in [2.45, 2.75) is 39.3 Å². The van der Waals surface area contributed by atoms with Crippen LogP contribution in [-0.2, 0) is 16.1 Å². The van der Waals surface area contributed by atoms with Gasteiger partial charge in [0.25, 0.3) is 0 Å². The Hall–Kier alpha value is -2.18. The molecule has 1 aromatic rings. The van der Waals surface area contributed by atoms with E-state index in [0.29, 0.717) is 13.0 Å². The summed E-state index contributed by atoms with van der Waals surface area (Å²) in [7, 11) is 0. The number of rotatable bonds is 7. The molecule has 0 atom stereocenters. The van der Waals surface area contributed by atoms with Gasteiger partial charge in [0.1, 0.15) is 6.54 Å². The summed E-state index contributed by atoms with van der Waals surface area (Å²) in [4.78, 5) is 39.3. The standard InChI is InChI=1S/C13H19N3O4/c1-10(2)16(8-3-5-12(18)19)11(17)9-15-7-4-6-14-13(15)20/h4,6-7,10H,3,5,8-9H2,1-2H3,(H,18,19). The molecule has 0 aliphatic heterocycles. The third-order valence-electron chi connectivity index (χ3n) is 2.82. The van der Waals surface area contributed by atoms with E-state index in [1.54, 1.807) is 11.0 Å². The maximum Gasteiger partial charge on any atom is 0.347 e. The molecular weight excluding hydrogens is 262 g/mol. The second-order valence-electron chi connectivity index (χ2n) is 4.71. The van der Waals surface area contributed by atoms with Gasteiger partial charge in [-0.05, 0) is 26.3 Å². The number of amides is 1. The van der Waals surface area contributed by atoms with Crippen molar-refractivity contribution in [1.82, 2.24) is 14.5 Å². The van der Waals surface area contributed by atoms with Gasteiger partial charge in [-0.25, -0.2) is 9.78 Å². The highest BCUT2D eigenvalue weighted by atomic mass is 16.4. The maximum absolute atomic E-state index is 12.2. The van der Waals surface area contributed by atoms with E-state index in [9.17, 15) is 14.4 Å². The lowest BCUT2D eigenvalue weighted by molar-refractivity contribution is -0.138. The molecule has 0 fully saturated rings. The molecule has 0 spiro atoms. The lowest BCUT2D eigenvalue weighted by atomic mass is 10.2. The average molecular weight is 281 g/mol. The number of carboxylic acids is 1. The minimum atomic E-state index is -0.885. The fourth-order valence-corrected chi connectivity index (χ4v) is 1.82. The Morgan fingerprint density at radius 3 is 2.70 bits per heavy atom. The first kappa shape index (κ1) is 15.9. The van der Waals surface area contributed by atoms with Gasteiger partial charge in [-0.1, -0.05) is 0 Å². The van der Waals surface area contributed by atoms with Crippen molar-refractivity contribution >= 4 is 11.9 Å². The predicted octanol–water partition coefficient (Wildman–Crippen LogP) is 0.345. The molecule has 0 saturated carbocycles. The zero-order valence-corrected chi connectivity index (χ0v) is 11.7. The summed E-state index contributed by atoms with van der Waals surface area (Å²) in [5.41, 5.74) is -0.477. The van der Waals surface area contributed by atoms with Gasteiger partial charge < -0.3 is 10.0 Å². The van der Waals surface area contributed by atoms with Gasteiger partial charge in [-0.3, -0.25) is 14.2 Å². The molecule has 20 heavy (non-hydrogen) atoms. The fraction of sp³-hybridized carbons (Fsp3) is 0.538. The number of hydrogen-bond donors (Lipinski definition) is 1. The second kappa shape index (κ2) is 7.42. The first-order valence-electron chi connectivity index (χ1n) is 6.44. The Labute approximate surface area is 116 Å². The van der Waals surface area contributed by atoms with E-state index in [0.717, 1.165) is 0 Å². The molecule has 1 heterocycles. The first-order valence-corrected chi connectivity index (χ1v) is 6.44. The topological polar surface area (TPSA) is 92.5 Å². The molecule has 0 saturated heterocycles. The summed E-state index contributed by atoms with van der Waals surface area (Å²) in [5.74, 6) is -1.11. The molecule has 1 rings (SSSR count). The lowest BCUT2D eigenvalue weighted by Crippen LogP contribution is -2.41. The quantitative estimate of drug-likeness (QED) is 0.778. The highest BCUT2D eigenvalue weighted by Crippen LogP contribution is 2.04. The zero-order chi connectivity index (χ0) is 15.1. The molecule has 1 amide bonds. The van der Waals surface area contributed by atoms with Crippen LogP contribution in [0.3, 0.4) is 0 Å². The van der Waals surface area contributed by atoms with Crippen LogP contribution in [0.25, 0.3) is 0 Å². The fourth-order valence-electron chi connectivity index (χ4n) is 1.82. The van der Waals surface area contributed by atoms with Gasteiger partial charge in [0.15, 0.2) is 0 Å². The average Bonchev–Trinajstić information content (AvgIpc) is 2.36. The number of aromatic nitrogens is 2. The summed E-state index contributed by atoms with van der Waals surface area (Å²) in [5, 5.41) is 8.62. The van der Waals surface area contributed by atoms with Crippen LogP contribution < -0.4 is 5.69 Å². The van der Waals surface area contributed by atoms with Gasteiger partial charge in [0.05, 0.1) is 0 Å². The SMILES string of the molecule is CC(C)N(CCCC(=O)O)C(=O)Cn1cccnc1=O. The van der Waals surface area contributed by atoms with E-state index in [1.165, 1.54) is 17.0 Å². The third kappa shape index (κ3) is 4.83. The molecule has 7 heteroatoms. The molecule has 0 bridgehead atoms.